The minimum absolute atomic E-state index is 0.515. The normalized spacial score (nSPS) is 17.1. The summed E-state index contributed by atoms with van der Waals surface area (Å²) in [4.78, 5) is 12.1. The zero-order valence-electron chi connectivity index (χ0n) is 13.4. The molecule has 25 heavy (non-hydrogen) atoms. The first kappa shape index (κ1) is 15.5. The predicted octanol–water partition coefficient (Wildman–Crippen LogP) is 5.08. The Bertz CT molecular complexity index is 1050. The molecule has 1 atom stereocenters. The third-order valence-electron chi connectivity index (χ3n) is 4.36. The number of aryl methyl sites for hydroxylation is 1. The number of nitrogens with zero attached hydrogens (tertiary/aromatic N) is 4. The number of hydrogen-bond donors (Lipinski definition) is 0. The lowest BCUT2D eigenvalue weighted by molar-refractivity contribution is 0.466. The van der Waals surface area contributed by atoms with E-state index in [1.165, 1.54) is 28.6 Å². The van der Waals surface area contributed by atoms with Gasteiger partial charge in [-0.2, -0.15) is 0 Å². The number of fused-ring (bicyclic) bond motifs is 2. The van der Waals surface area contributed by atoms with Crippen LogP contribution in [0, 0.1) is 5.92 Å². The monoisotopic (exact) mass is 386 g/mol. The summed E-state index contributed by atoms with van der Waals surface area (Å²) in [6, 6.07) is 4.24. The van der Waals surface area contributed by atoms with Crippen molar-refractivity contribution < 1.29 is 4.42 Å². The van der Waals surface area contributed by atoms with Gasteiger partial charge in [0.25, 0.3) is 11.1 Å². The highest BCUT2D eigenvalue weighted by molar-refractivity contribution is 7.99. The molecular formula is C17H14N4OS3. The molecule has 0 unspecified atom stereocenters. The summed E-state index contributed by atoms with van der Waals surface area (Å²) in [6.07, 6.45) is 5.15. The Kier molecular flexibility index (Phi) is 3.83. The summed E-state index contributed by atoms with van der Waals surface area (Å²) in [7, 11) is 0. The fourth-order valence-electron chi connectivity index (χ4n) is 3.09. The van der Waals surface area contributed by atoms with Crippen LogP contribution in [0.25, 0.3) is 21.0 Å². The molecule has 0 amide bonds. The van der Waals surface area contributed by atoms with Crippen LogP contribution in [0.2, 0.25) is 0 Å². The van der Waals surface area contributed by atoms with E-state index in [0.717, 1.165) is 38.9 Å². The Morgan fingerprint density at radius 1 is 1.28 bits per heavy atom. The van der Waals surface area contributed by atoms with Crippen LogP contribution in [0.15, 0.2) is 38.5 Å². The minimum Gasteiger partial charge on any atom is -0.410 e. The number of aromatic nitrogens is 4. The third kappa shape index (κ3) is 2.88. The molecule has 0 aromatic carbocycles. The first-order valence-electron chi connectivity index (χ1n) is 8.08. The molecular weight excluding hydrogens is 372 g/mol. The molecule has 0 spiro atoms. The molecule has 4 heterocycles. The lowest BCUT2D eigenvalue weighted by Crippen LogP contribution is -2.07. The molecule has 0 radical (unpaired) electrons. The van der Waals surface area contributed by atoms with Gasteiger partial charge in [0.1, 0.15) is 16.2 Å². The van der Waals surface area contributed by atoms with E-state index in [2.05, 4.69) is 33.2 Å². The maximum absolute atomic E-state index is 5.90. The van der Waals surface area contributed by atoms with E-state index in [0.29, 0.717) is 11.1 Å². The highest BCUT2D eigenvalue weighted by Crippen LogP contribution is 2.38. The first-order valence-corrected chi connectivity index (χ1v) is 10.6. The van der Waals surface area contributed by atoms with Crippen molar-refractivity contribution in [3.63, 3.8) is 0 Å². The van der Waals surface area contributed by atoms with E-state index < -0.39 is 0 Å². The molecule has 0 fully saturated rings. The summed E-state index contributed by atoms with van der Waals surface area (Å²) in [5, 5.41) is 12.8. The highest BCUT2D eigenvalue weighted by Gasteiger charge is 2.21. The van der Waals surface area contributed by atoms with Crippen LogP contribution in [0.3, 0.4) is 0 Å². The van der Waals surface area contributed by atoms with E-state index in [4.69, 9.17) is 4.42 Å². The zero-order chi connectivity index (χ0) is 16.8. The van der Waals surface area contributed by atoms with Crippen LogP contribution in [-0.2, 0) is 12.8 Å². The number of hydrogen-bond acceptors (Lipinski definition) is 8. The first-order chi connectivity index (χ1) is 12.3. The van der Waals surface area contributed by atoms with Gasteiger partial charge >= 0.3 is 0 Å². The van der Waals surface area contributed by atoms with Gasteiger partial charge in [-0.05, 0) is 60.0 Å². The van der Waals surface area contributed by atoms with Gasteiger partial charge < -0.3 is 4.42 Å². The summed E-state index contributed by atoms with van der Waals surface area (Å²) in [5.74, 6) is 1.36. The Morgan fingerprint density at radius 3 is 3.20 bits per heavy atom. The molecule has 0 aliphatic heterocycles. The molecule has 0 bridgehead atoms. The third-order valence-corrected chi connectivity index (χ3v) is 7.26. The predicted molar refractivity (Wildman–Crippen MR) is 100 cm³/mol. The van der Waals surface area contributed by atoms with E-state index in [9.17, 15) is 0 Å². The maximum Gasteiger partial charge on any atom is 0.283 e. The van der Waals surface area contributed by atoms with Gasteiger partial charge in [-0.3, -0.25) is 0 Å². The molecule has 1 aliphatic carbocycles. The molecule has 0 saturated heterocycles. The summed E-state index contributed by atoms with van der Waals surface area (Å²) in [6.45, 7) is 2.31. The molecule has 4 aromatic rings. The minimum atomic E-state index is 0.515. The largest absolute Gasteiger partial charge is 0.410 e. The van der Waals surface area contributed by atoms with E-state index >= 15 is 0 Å². The Labute approximate surface area is 156 Å². The van der Waals surface area contributed by atoms with Crippen molar-refractivity contribution in [2.24, 2.45) is 5.92 Å². The average Bonchev–Trinajstić information content (AvgIpc) is 3.33. The highest BCUT2D eigenvalue weighted by atomic mass is 32.2. The second-order valence-electron chi connectivity index (χ2n) is 6.20. The second kappa shape index (κ2) is 6.19. The summed E-state index contributed by atoms with van der Waals surface area (Å²) in [5.41, 5.74) is 1.45. The van der Waals surface area contributed by atoms with Crippen molar-refractivity contribution >= 4 is 44.7 Å². The van der Waals surface area contributed by atoms with Crippen LogP contribution < -0.4 is 0 Å². The second-order valence-corrected chi connectivity index (χ2v) is 9.17. The van der Waals surface area contributed by atoms with Crippen molar-refractivity contribution in [2.75, 3.05) is 0 Å². The lowest BCUT2D eigenvalue weighted by atomic mass is 9.90. The molecule has 4 aromatic heterocycles. The molecule has 5 nitrogen and oxygen atoms in total. The quantitative estimate of drug-likeness (QED) is 0.458. The average molecular weight is 387 g/mol. The zero-order valence-corrected chi connectivity index (χ0v) is 15.9. The smallest absolute Gasteiger partial charge is 0.283 e. The van der Waals surface area contributed by atoms with Crippen molar-refractivity contribution in [1.29, 1.82) is 0 Å². The molecule has 8 heteroatoms. The standard InChI is InChI=1S/C17H14N4OS3/c1-9-2-3-12-10(6-9)7-13(24-12)14-20-21-17(22-14)25-16-11-4-5-23-15(11)18-8-19-16/h4-5,7-9H,2-3,6H2,1H3/t9-/m1/s1. The molecule has 126 valence electrons. The van der Waals surface area contributed by atoms with Crippen LogP contribution in [0.1, 0.15) is 23.8 Å². The van der Waals surface area contributed by atoms with Gasteiger partial charge in [-0.1, -0.05) is 6.92 Å². The Hall–Kier alpha value is -1.77. The van der Waals surface area contributed by atoms with Gasteiger partial charge in [0.2, 0.25) is 0 Å². The molecule has 5 rings (SSSR count). The van der Waals surface area contributed by atoms with Gasteiger partial charge in [0.05, 0.1) is 4.88 Å². The van der Waals surface area contributed by atoms with Crippen molar-refractivity contribution in [1.82, 2.24) is 20.2 Å². The summed E-state index contributed by atoms with van der Waals surface area (Å²) < 4.78 is 5.90. The van der Waals surface area contributed by atoms with Crippen molar-refractivity contribution in [2.45, 2.75) is 36.4 Å². The number of rotatable bonds is 3. The van der Waals surface area contributed by atoms with Gasteiger partial charge in [-0.25, -0.2) is 9.97 Å². The van der Waals surface area contributed by atoms with E-state index in [1.54, 1.807) is 29.0 Å². The summed E-state index contributed by atoms with van der Waals surface area (Å²) >= 11 is 4.78. The topological polar surface area (TPSA) is 64.7 Å². The SMILES string of the molecule is C[C@@H]1CCc2sc(-c3nnc(Sc4ncnc5sccc45)o3)cc2C1. The maximum atomic E-state index is 5.90. The van der Waals surface area contributed by atoms with Crippen LogP contribution in [0.4, 0.5) is 0 Å². The van der Waals surface area contributed by atoms with Crippen LogP contribution in [0.5, 0.6) is 0 Å². The van der Waals surface area contributed by atoms with Crippen LogP contribution in [-0.4, -0.2) is 20.2 Å². The van der Waals surface area contributed by atoms with Gasteiger partial charge in [0, 0.05) is 10.3 Å². The van der Waals surface area contributed by atoms with Crippen LogP contribution >= 0.6 is 34.4 Å². The number of thiophene rings is 2. The fourth-order valence-corrected chi connectivity index (χ4v) is 5.76. The van der Waals surface area contributed by atoms with Gasteiger partial charge in [0.15, 0.2) is 0 Å². The van der Waals surface area contributed by atoms with Gasteiger partial charge in [-0.15, -0.1) is 32.9 Å². The fraction of sp³-hybridized carbons (Fsp3) is 0.294. The van der Waals surface area contributed by atoms with Crippen molar-refractivity contribution in [3.8, 4) is 10.8 Å². The molecule has 0 N–H and O–H groups in total. The molecule has 1 aliphatic rings. The van der Waals surface area contributed by atoms with Crippen molar-refractivity contribution in [3.05, 3.63) is 34.3 Å². The van der Waals surface area contributed by atoms with E-state index in [-0.39, 0.29) is 0 Å². The van der Waals surface area contributed by atoms with E-state index in [1.807, 2.05) is 11.4 Å². The Morgan fingerprint density at radius 2 is 2.24 bits per heavy atom. The Balaban J connectivity index is 1.43. The molecule has 0 saturated carbocycles. The lowest BCUT2D eigenvalue weighted by Gasteiger charge is -2.16.